The second-order valence-electron chi connectivity index (χ2n) is 10.2. The number of anilines is 4. The summed E-state index contributed by atoms with van der Waals surface area (Å²) >= 11 is 3.49. The molecular formula is C36H33BrFN5O5. The van der Waals surface area contributed by atoms with Crippen LogP contribution in [0.4, 0.5) is 27.5 Å². The standard InChI is InChI=1S/C18H16BrNO3.C18H17FN4O2/c1-11-8-12(4-5-14(11)19)23-16-6-7-20-15-10-18(22-3)17(21-2)9-13(15)16;1-24-15-9-14(10-16(11-15)25-2)22-18-20-8-7-17(23-18)21-13-5-3-12(19)4-6-13/h4-10H,1-3H3;3-11H,1-2H3,(H2,20,21,22,23). The highest BCUT2D eigenvalue weighted by molar-refractivity contribution is 9.10. The Kier molecular flexibility index (Phi) is 11.1. The van der Waals surface area contributed by atoms with Crippen molar-refractivity contribution in [3.05, 3.63) is 113 Å². The minimum atomic E-state index is -0.289. The maximum atomic E-state index is 13.0. The van der Waals surface area contributed by atoms with E-state index in [-0.39, 0.29) is 5.82 Å². The number of rotatable bonds is 10. The first-order valence-corrected chi connectivity index (χ1v) is 15.4. The van der Waals surface area contributed by atoms with Crippen molar-refractivity contribution >= 4 is 50.0 Å². The monoisotopic (exact) mass is 713 g/mol. The highest BCUT2D eigenvalue weighted by Crippen LogP contribution is 2.37. The Morgan fingerprint density at radius 2 is 1.31 bits per heavy atom. The van der Waals surface area contributed by atoms with Gasteiger partial charge in [-0.3, -0.25) is 4.98 Å². The molecule has 0 bridgehead atoms. The number of nitrogens with zero attached hydrogens (tertiary/aromatic N) is 3. The number of aryl methyl sites for hydroxylation is 1. The van der Waals surface area contributed by atoms with E-state index >= 15 is 0 Å². The van der Waals surface area contributed by atoms with Crippen LogP contribution >= 0.6 is 15.9 Å². The van der Waals surface area contributed by atoms with Gasteiger partial charge in [0.2, 0.25) is 5.95 Å². The van der Waals surface area contributed by atoms with Crippen LogP contribution in [-0.2, 0) is 0 Å². The van der Waals surface area contributed by atoms with Gasteiger partial charge in [-0.2, -0.15) is 4.98 Å². The Morgan fingerprint density at radius 3 is 1.98 bits per heavy atom. The van der Waals surface area contributed by atoms with E-state index in [0.29, 0.717) is 34.8 Å². The molecule has 6 rings (SSSR count). The summed E-state index contributed by atoms with van der Waals surface area (Å²) in [5.41, 5.74) is 3.36. The number of nitrogens with one attached hydrogen (secondary N) is 2. The Balaban J connectivity index is 0.000000188. The molecule has 2 N–H and O–H groups in total. The lowest BCUT2D eigenvalue weighted by molar-refractivity contribution is 0.355. The van der Waals surface area contributed by atoms with Crippen LogP contribution in [0.3, 0.4) is 0 Å². The van der Waals surface area contributed by atoms with Gasteiger partial charge in [-0.25, -0.2) is 9.37 Å². The minimum Gasteiger partial charge on any atom is -0.497 e. The van der Waals surface area contributed by atoms with E-state index in [0.717, 1.165) is 43.8 Å². The molecule has 246 valence electrons. The van der Waals surface area contributed by atoms with E-state index in [1.807, 2.05) is 55.5 Å². The van der Waals surface area contributed by atoms with Gasteiger partial charge in [-0.15, -0.1) is 0 Å². The van der Waals surface area contributed by atoms with Crippen molar-refractivity contribution < 1.29 is 28.1 Å². The van der Waals surface area contributed by atoms with Crippen molar-refractivity contribution in [3.63, 3.8) is 0 Å². The van der Waals surface area contributed by atoms with Gasteiger partial charge in [0.1, 0.15) is 34.6 Å². The fourth-order valence-corrected chi connectivity index (χ4v) is 4.77. The molecule has 0 radical (unpaired) electrons. The largest absolute Gasteiger partial charge is 0.497 e. The normalized spacial score (nSPS) is 10.4. The number of aromatic nitrogens is 3. The zero-order chi connectivity index (χ0) is 34.0. The molecule has 2 aromatic heterocycles. The summed E-state index contributed by atoms with van der Waals surface area (Å²) in [6.45, 7) is 2.02. The zero-order valence-electron chi connectivity index (χ0n) is 26.9. The molecule has 48 heavy (non-hydrogen) atoms. The highest BCUT2D eigenvalue weighted by atomic mass is 79.9. The lowest BCUT2D eigenvalue weighted by Crippen LogP contribution is -2.01. The molecule has 0 aliphatic heterocycles. The summed E-state index contributed by atoms with van der Waals surface area (Å²) < 4.78 is 41.2. The number of hydrogen-bond donors (Lipinski definition) is 2. The maximum absolute atomic E-state index is 13.0. The van der Waals surface area contributed by atoms with Crippen LogP contribution in [0.2, 0.25) is 0 Å². The Labute approximate surface area is 286 Å². The van der Waals surface area contributed by atoms with Gasteiger partial charge in [0, 0.05) is 57.9 Å². The molecule has 0 spiro atoms. The second-order valence-corrected chi connectivity index (χ2v) is 11.0. The topological polar surface area (TPSA) is 109 Å². The van der Waals surface area contributed by atoms with Crippen LogP contribution in [-0.4, -0.2) is 43.4 Å². The first kappa shape index (κ1) is 33.7. The average molecular weight is 715 g/mol. The predicted molar refractivity (Wildman–Crippen MR) is 188 cm³/mol. The van der Waals surface area contributed by atoms with Crippen molar-refractivity contribution in [3.8, 4) is 34.5 Å². The van der Waals surface area contributed by atoms with E-state index in [9.17, 15) is 4.39 Å². The van der Waals surface area contributed by atoms with E-state index in [1.165, 1.54) is 12.1 Å². The van der Waals surface area contributed by atoms with Gasteiger partial charge in [-0.1, -0.05) is 15.9 Å². The summed E-state index contributed by atoms with van der Waals surface area (Å²) in [7, 11) is 6.39. The van der Waals surface area contributed by atoms with Crippen molar-refractivity contribution in [2.45, 2.75) is 6.92 Å². The Hall–Kier alpha value is -5.62. The molecule has 0 aliphatic carbocycles. The predicted octanol–water partition coefficient (Wildman–Crippen LogP) is 9.24. The summed E-state index contributed by atoms with van der Waals surface area (Å²) in [5, 5.41) is 7.07. The number of benzene rings is 4. The van der Waals surface area contributed by atoms with Gasteiger partial charge in [-0.05, 0) is 73.2 Å². The van der Waals surface area contributed by atoms with E-state index in [4.69, 9.17) is 23.7 Å². The molecule has 12 heteroatoms. The van der Waals surface area contributed by atoms with Crippen LogP contribution < -0.4 is 34.3 Å². The molecule has 0 atom stereocenters. The fraction of sp³-hybridized carbons (Fsp3) is 0.139. The third-order valence-corrected chi connectivity index (χ3v) is 7.83. The van der Waals surface area contributed by atoms with Crippen LogP contribution in [0.25, 0.3) is 10.9 Å². The quantitative estimate of drug-likeness (QED) is 0.143. The first-order valence-electron chi connectivity index (χ1n) is 14.6. The van der Waals surface area contributed by atoms with Crippen molar-refractivity contribution in [2.24, 2.45) is 0 Å². The van der Waals surface area contributed by atoms with Gasteiger partial charge < -0.3 is 34.3 Å². The maximum Gasteiger partial charge on any atom is 0.229 e. The molecule has 0 unspecified atom stereocenters. The molecule has 0 saturated carbocycles. The molecule has 0 saturated heterocycles. The van der Waals surface area contributed by atoms with Crippen LogP contribution in [0.15, 0.2) is 102 Å². The summed E-state index contributed by atoms with van der Waals surface area (Å²) in [6.07, 6.45) is 3.34. The third kappa shape index (κ3) is 8.59. The van der Waals surface area contributed by atoms with Gasteiger partial charge in [0.25, 0.3) is 0 Å². The molecule has 10 nitrogen and oxygen atoms in total. The van der Waals surface area contributed by atoms with Crippen molar-refractivity contribution in [2.75, 3.05) is 39.1 Å². The van der Waals surface area contributed by atoms with E-state index < -0.39 is 0 Å². The molecular weight excluding hydrogens is 681 g/mol. The number of halogens is 2. The lowest BCUT2D eigenvalue weighted by Gasteiger charge is -2.12. The number of hydrogen-bond acceptors (Lipinski definition) is 10. The lowest BCUT2D eigenvalue weighted by atomic mass is 10.1. The summed E-state index contributed by atoms with van der Waals surface area (Å²) in [4.78, 5) is 13.0. The second kappa shape index (κ2) is 15.8. The summed E-state index contributed by atoms with van der Waals surface area (Å²) in [6, 6.07) is 24.6. The molecule has 0 amide bonds. The van der Waals surface area contributed by atoms with Gasteiger partial charge in [0.15, 0.2) is 11.5 Å². The van der Waals surface area contributed by atoms with Crippen LogP contribution in [0.1, 0.15) is 5.56 Å². The molecule has 6 aromatic rings. The molecule has 2 heterocycles. The third-order valence-electron chi connectivity index (χ3n) is 6.94. The minimum absolute atomic E-state index is 0.289. The first-order chi connectivity index (χ1) is 23.3. The Bertz CT molecular complexity index is 1990. The van der Waals surface area contributed by atoms with E-state index in [2.05, 4.69) is 41.5 Å². The fourth-order valence-electron chi connectivity index (χ4n) is 4.52. The zero-order valence-corrected chi connectivity index (χ0v) is 28.5. The van der Waals surface area contributed by atoms with Gasteiger partial charge in [0.05, 0.1) is 34.0 Å². The molecule has 0 aliphatic rings. The summed E-state index contributed by atoms with van der Waals surface area (Å²) in [5.74, 6) is 4.79. The van der Waals surface area contributed by atoms with Gasteiger partial charge >= 0.3 is 0 Å². The number of methoxy groups -OCH3 is 4. The number of pyridine rings is 1. The molecule has 0 fully saturated rings. The van der Waals surface area contributed by atoms with Crippen molar-refractivity contribution in [1.29, 1.82) is 0 Å². The van der Waals surface area contributed by atoms with Crippen LogP contribution in [0, 0.1) is 12.7 Å². The highest BCUT2D eigenvalue weighted by Gasteiger charge is 2.12. The number of ether oxygens (including phenoxy) is 5. The Morgan fingerprint density at radius 1 is 0.625 bits per heavy atom. The van der Waals surface area contributed by atoms with Crippen LogP contribution in [0.5, 0.6) is 34.5 Å². The van der Waals surface area contributed by atoms with Crippen molar-refractivity contribution in [1.82, 2.24) is 15.0 Å². The smallest absolute Gasteiger partial charge is 0.229 e. The SMILES string of the molecule is COc1cc(Nc2nccc(Nc3ccc(F)cc3)n2)cc(OC)c1.COc1cc2nccc(Oc3ccc(Br)c(C)c3)c2cc1OC. The van der Waals surface area contributed by atoms with E-state index in [1.54, 1.807) is 65.1 Å². The average Bonchev–Trinajstić information content (AvgIpc) is 3.10. The molecule has 4 aromatic carbocycles. The number of fused-ring (bicyclic) bond motifs is 1.